The third kappa shape index (κ3) is 5.25. The molecular formula is C27H32N8O3S. The number of nitrogens with one attached hydrogen (secondary N) is 1. The summed E-state index contributed by atoms with van der Waals surface area (Å²) in [5.74, 6) is 1.05. The zero-order chi connectivity index (χ0) is 27.7. The molecule has 1 atom stereocenters. The highest BCUT2D eigenvalue weighted by Crippen LogP contribution is 2.43. The summed E-state index contributed by atoms with van der Waals surface area (Å²) in [6.45, 7) is 7.86. The molecule has 0 unspecified atom stereocenters. The molecule has 0 aliphatic heterocycles. The summed E-state index contributed by atoms with van der Waals surface area (Å²) in [4.78, 5) is 40.9. The fourth-order valence-electron chi connectivity index (χ4n) is 4.48. The van der Waals surface area contributed by atoms with E-state index in [1.807, 2.05) is 20.8 Å². The molecule has 1 saturated carbocycles. The van der Waals surface area contributed by atoms with Gasteiger partial charge in [0.1, 0.15) is 11.8 Å². The second-order valence-corrected chi connectivity index (χ2v) is 12.0. The van der Waals surface area contributed by atoms with Crippen LogP contribution in [-0.4, -0.2) is 48.6 Å². The van der Waals surface area contributed by atoms with Crippen molar-refractivity contribution in [3.8, 4) is 11.4 Å². The first-order valence-corrected chi connectivity index (χ1v) is 15.0. The van der Waals surface area contributed by atoms with Crippen LogP contribution in [0.4, 0.5) is 5.82 Å². The van der Waals surface area contributed by atoms with Crippen LogP contribution >= 0.6 is 0 Å². The van der Waals surface area contributed by atoms with E-state index in [0.29, 0.717) is 22.9 Å². The van der Waals surface area contributed by atoms with E-state index in [-0.39, 0.29) is 34.7 Å². The van der Waals surface area contributed by atoms with Crippen molar-refractivity contribution in [2.75, 3.05) is 11.1 Å². The van der Waals surface area contributed by atoms with Gasteiger partial charge in [-0.1, -0.05) is 26.8 Å². The molecular weight excluding hydrogens is 516 g/mol. The van der Waals surface area contributed by atoms with Crippen LogP contribution in [0, 0.1) is 0 Å². The lowest BCUT2D eigenvalue weighted by molar-refractivity contribution is 0.526. The van der Waals surface area contributed by atoms with Crippen LogP contribution in [0.5, 0.6) is 0 Å². The molecule has 4 aromatic rings. The third-order valence-corrected chi connectivity index (χ3v) is 8.74. The summed E-state index contributed by atoms with van der Waals surface area (Å²) < 4.78 is 25.8. The first-order valence-electron chi connectivity index (χ1n) is 13.3. The van der Waals surface area contributed by atoms with Crippen LogP contribution in [0.1, 0.15) is 75.9 Å². The second-order valence-electron chi connectivity index (χ2n) is 9.77. The summed E-state index contributed by atoms with van der Waals surface area (Å²) in [5.41, 5.74) is 4.10. The quantitative estimate of drug-likeness (QED) is 0.310. The fraction of sp³-hybridized carbons (Fsp3) is 0.444. The molecule has 0 saturated heterocycles. The van der Waals surface area contributed by atoms with Crippen molar-refractivity contribution in [1.29, 1.82) is 0 Å². The van der Waals surface area contributed by atoms with Crippen molar-refractivity contribution in [2.45, 2.75) is 76.9 Å². The monoisotopic (exact) mass is 548 g/mol. The Balaban J connectivity index is 1.54. The Bertz CT molecular complexity index is 1680. The molecule has 1 aliphatic carbocycles. The van der Waals surface area contributed by atoms with Gasteiger partial charge in [0, 0.05) is 24.7 Å². The fourth-order valence-corrected chi connectivity index (χ4v) is 5.26. The molecule has 0 amide bonds. The number of nitrogens with zero attached hydrogens (tertiary/aromatic N) is 7. The van der Waals surface area contributed by atoms with Gasteiger partial charge in [0.05, 0.1) is 28.9 Å². The molecule has 4 heterocycles. The maximum atomic E-state index is 13.6. The van der Waals surface area contributed by atoms with Crippen molar-refractivity contribution in [1.82, 2.24) is 34.5 Å². The van der Waals surface area contributed by atoms with Crippen molar-refractivity contribution in [3.63, 3.8) is 0 Å². The molecule has 0 aromatic carbocycles. The Kier molecular flexibility index (Phi) is 7.39. The summed E-state index contributed by atoms with van der Waals surface area (Å²) in [6.07, 6.45) is 8.36. The van der Waals surface area contributed by atoms with Crippen LogP contribution in [0.15, 0.2) is 40.7 Å². The minimum Gasteiger partial charge on any atom is -0.361 e. The second kappa shape index (κ2) is 10.8. The van der Waals surface area contributed by atoms with Gasteiger partial charge >= 0.3 is 0 Å². The highest BCUT2D eigenvalue weighted by atomic mass is 32.2. The van der Waals surface area contributed by atoms with Gasteiger partial charge in [-0.3, -0.25) is 9.36 Å². The topological polar surface area (TPSA) is 146 Å². The number of hydrogen-bond acceptors (Lipinski definition) is 10. The highest BCUT2D eigenvalue weighted by molar-refractivity contribution is 7.91. The standard InChI is InChI=1S/C27H32N8O3S/c1-5-16(4)35-26-20(14-30-24(34-26)22-19(6-2)31-15-32-23(22)18-9-10-18)33-25(27(35)36)29-13-17-8-11-21(28-12-17)39(37,38)7-3/h8,11-12,14-16,18H,5-7,9-10,13H2,1-4H3,(H,29,33)/t16-/m1/s1. The molecule has 0 bridgehead atoms. The van der Waals surface area contributed by atoms with E-state index in [1.165, 1.54) is 12.3 Å². The molecule has 0 radical (unpaired) electrons. The first-order chi connectivity index (χ1) is 18.8. The van der Waals surface area contributed by atoms with Gasteiger partial charge in [0.15, 0.2) is 32.2 Å². The smallest absolute Gasteiger partial charge is 0.295 e. The maximum Gasteiger partial charge on any atom is 0.295 e. The van der Waals surface area contributed by atoms with E-state index >= 15 is 0 Å². The van der Waals surface area contributed by atoms with Crippen molar-refractivity contribution in [2.24, 2.45) is 0 Å². The van der Waals surface area contributed by atoms with Gasteiger partial charge in [-0.15, -0.1) is 0 Å². The Morgan fingerprint density at radius 1 is 1.05 bits per heavy atom. The number of sulfone groups is 1. The molecule has 1 aliphatic rings. The predicted octanol–water partition coefficient (Wildman–Crippen LogP) is 3.86. The average Bonchev–Trinajstić information content (AvgIpc) is 3.81. The molecule has 1 N–H and O–H groups in total. The largest absolute Gasteiger partial charge is 0.361 e. The van der Waals surface area contributed by atoms with Crippen LogP contribution < -0.4 is 10.9 Å². The number of fused-ring (bicyclic) bond motifs is 1. The van der Waals surface area contributed by atoms with Crippen molar-refractivity contribution >= 4 is 26.8 Å². The van der Waals surface area contributed by atoms with Gasteiger partial charge in [-0.05, 0) is 44.2 Å². The van der Waals surface area contributed by atoms with Crippen LogP contribution in [0.25, 0.3) is 22.6 Å². The Morgan fingerprint density at radius 3 is 2.49 bits per heavy atom. The number of rotatable bonds is 10. The van der Waals surface area contributed by atoms with Crippen molar-refractivity contribution < 1.29 is 8.42 Å². The summed E-state index contributed by atoms with van der Waals surface area (Å²) in [6, 6.07) is 3.02. The molecule has 11 nitrogen and oxygen atoms in total. The molecule has 204 valence electrons. The summed E-state index contributed by atoms with van der Waals surface area (Å²) in [5, 5.41) is 3.13. The Labute approximate surface area is 227 Å². The average molecular weight is 549 g/mol. The number of aromatic nitrogens is 7. The normalized spacial score (nSPS) is 14.5. The van der Waals surface area contributed by atoms with E-state index < -0.39 is 9.84 Å². The highest BCUT2D eigenvalue weighted by Gasteiger charge is 2.31. The summed E-state index contributed by atoms with van der Waals surface area (Å²) in [7, 11) is -3.38. The lowest BCUT2D eigenvalue weighted by atomic mass is 10.1. The molecule has 4 aromatic heterocycles. The molecule has 5 rings (SSSR count). The maximum absolute atomic E-state index is 13.6. The number of aryl methyl sites for hydroxylation is 1. The molecule has 1 fully saturated rings. The van der Waals surface area contributed by atoms with E-state index in [4.69, 9.17) is 4.98 Å². The van der Waals surface area contributed by atoms with Gasteiger partial charge in [0.2, 0.25) is 0 Å². The first kappa shape index (κ1) is 26.8. The lowest BCUT2D eigenvalue weighted by Crippen LogP contribution is -2.28. The Morgan fingerprint density at radius 2 is 1.85 bits per heavy atom. The number of pyridine rings is 1. The minimum absolute atomic E-state index is 0.0174. The molecule has 0 spiro atoms. The van der Waals surface area contributed by atoms with Crippen molar-refractivity contribution in [3.05, 3.63) is 58.2 Å². The predicted molar refractivity (Wildman–Crippen MR) is 148 cm³/mol. The number of anilines is 1. The third-order valence-electron chi connectivity index (χ3n) is 7.10. The number of hydrogen-bond donors (Lipinski definition) is 1. The van der Waals surface area contributed by atoms with Gasteiger partial charge < -0.3 is 5.32 Å². The van der Waals surface area contributed by atoms with E-state index in [0.717, 1.165) is 48.2 Å². The van der Waals surface area contributed by atoms with Crippen LogP contribution in [0.2, 0.25) is 0 Å². The van der Waals surface area contributed by atoms with E-state index in [1.54, 1.807) is 30.1 Å². The van der Waals surface area contributed by atoms with E-state index in [9.17, 15) is 13.2 Å². The molecule has 12 heteroatoms. The summed E-state index contributed by atoms with van der Waals surface area (Å²) >= 11 is 0. The minimum atomic E-state index is -3.38. The molecule has 39 heavy (non-hydrogen) atoms. The zero-order valence-corrected chi connectivity index (χ0v) is 23.4. The lowest BCUT2D eigenvalue weighted by Gasteiger charge is -2.18. The van der Waals surface area contributed by atoms with Crippen LogP contribution in [-0.2, 0) is 22.8 Å². The van der Waals surface area contributed by atoms with Gasteiger partial charge in [0.25, 0.3) is 5.56 Å². The van der Waals surface area contributed by atoms with Gasteiger partial charge in [-0.25, -0.2) is 38.3 Å². The van der Waals surface area contributed by atoms with Gasteiger partial charge in [-0.2, -0.15) is 0 Å². The SMILES string of the molecule is CCc1ncnc(C2CC2)c1-c1ncc2nc(NCc3ccc(S(=O)(=O)CC)nc3)c(=O)n([C@H](C)CC)c2n1. The van der Waals surface area contributed by atoms with E-state index in [2.05, 4.69) is 30.2 Å². The Hall–Kier alpha value is -3.80. The zero-order valence-electron chi connectivity index (χ0n) is 22.5. The van der Waals surface area contributed by atoms with Crippen LogP contribution in [0.3, 0.4) is 0 Å².